The second-order valence-corrected chi connectivity index (χ2v) is 5.55. The van der Waals surface area contributed by atoms with Gasteiger partial charge in [-0.3, -0.25) is 4.79 Å². The Hall–Kier alpha value is -1.79. The molecular formula is C17H16BrNO. The quantitative estimate of drug-likeness (QED) is 0.774. The van der Waals surface area contributed by atoms with Crippen LogP contribution in [0.25, 0.3) is 10.8 Å². The zero-order valence-corrected chi connectivity index (χ0v) is 13.0. The predicted molar refractivity (Wildman–Crippen MR) is 86.7 cm³/mol. The third kappa shape index (κ3) is 3.20. The zero-order chi connectivity index (χ0) is 14.5. The van der Waals surface area contributed by atoms with E-state index >= 15 is 0 Å². The Balaban J connectivity index is 2.34. The van der Waals surface area contributed by atoms with Gasteiger partial charge in [0.05, 0.1) is 6.54 Å². The van der Waals surface area contributed by atoms with Gasteiger partial charge >= 0.3 is 0 Å². The molecule has 0 atom stereocenters. The second-order valence-electron chi connectivity index (χ2n) is 4.64. The third-order valence-electron chi connectivity index (χ3n) is 3.11. The molecular weight excluding hydrogens is 314 g/mol. The van der Waals surface area contributed by atoms with Gasteiger partial charge in [0.15, 0.2) is 0 Å². The fourth-order valence-electron chi connectivity index (χ4n) is 2.16. The SMILES string of the molecule is C#CCN(CCC)C(=O)c1ccc2cc(Br)ccc2c1. The van der Waals surface area contributed by atoms with Crippen LogP contribution in [0.5, 0.6) is 0 Å². The number of carbonyl (C=O) groups is 1. The van der Waals surface area contributed by atoms with Crippen LogP contribution in [0, 0.1) is 12.3 Å². The molecule has 20 heavy (non-hydrogen) atoms. The molecule has 102 valence electrons. The number of nitrogens with zero attached hydrogens (tertiary/aromatic N) is 1. The fourth-order valence-corrected chi connectivity index (χ4v) is 2.54. The van der Waals surface area contributed by atoms with E-state index in [1.165, 1.54) is 0 Å². The number of rotatable bonds is 4. The Bertz CT molecular complexity index is 672. The lowest BCUT2D eigenvalue weighted by atomic mass is 10.1. The van der Waals surface area contributed by atoms with Gasteiger partial charge in [-0.25, -0.2) is 0 Å². The molecule has 2 rings (SSSR count). The van der Waals surface area contributed by atoms with E-state index in [1.807, 2.05) is 43.3 Å². The van der Waals surface area contributed by atoms with Crippen LogP contribution in [-0.4, -0.2) is 23.9 Å². The number of hydrogen-bond donors (Lipinski definition) is 0. The van der Waals surface area contributed by atoms with Gasteiger partial charge in [-0.15, -0.1) is 6.42 Å². The molecule has 0 heterocycles. The van der Waals surface area contributed by atoms with Crippen LogP contribution in [0.4, 0.5) is 0 Å². The monoisotopic (exact) mass is 329 g/mol. The molecule has 0 saturated heterocycles. The van der Waals surface area contributed by atoms with Gasteiger partial charge < -0.3 is 4.90 Å². The van der Waals surface area contributed by atoms with Crippen molar-refractivity contribution < 1.29 is 4.79 Å². The number of amides is 1. The van der Waals surface area contributed by atoms with Gasteiger partial charge in [-0.2, -0.15) is 0 Å². The number of halogens is 1. The summed E-state index contributed by atoms with van der Waals surface area (Å²) in [5.41, 5.74) is 0.684. The summed E-state index contributed by atoms with van der Waals surface area (Å²) in [5.74, 6) is 2.54. The van der Waals surface area contributed by atoms with Crippen molar-refractivity contribution in [2.75, 3.05) is 13.1 Å². The van der Waals surface area contributed by atoms with Crippen molar-refractivity contribution in [3.63, 3.8) is 0 Å². The molecule has 0 saturated carbocycles. The largest absolute Gasteiger partial charge is 0.328 e. The highest BCUT2D eigenvalue weighted by atomic mass is 79.9. The van der Waals surface area contributed by atoms with Crippen molar-refractivity contribution >= 4 is 32.6 Å². The van der Waals surface area contributed by atoms with E-state index in [9.17, 15) is 4.79 Å². The van der Waals surface area contributed by atoms with E-state index in [2.05, 4.69) is 21.9 Å². The molecule has 0 aliphatic heterocycles. The van der Waals surface area contributed by atoms with Crippen LogP contribution in [0.2, 0.25) is 0 Å². The lowest BCUT2D eigenvalue weighted by Crippen LogP contribution is -2.32. The molecule has 0 N–H and O–H groups in total. The number of fused-ring (bicyclic) bond motifs is 1. The number of carbonyl (C=O) groups excluding carboxylic acids is 1. The van der Waals surface area contributed by atoms with E-state index in [0.717, 1.165) is 21.7 Å². The van der Waals surface area contributed by atoms with Crippen LogP contribution in [0.1, 0.15) is 23.7 Å². The summed E-state index contributed by atoms with van der Waals surface area (Å²) >= 11 is 3.45. The summed E-state index contributed by atoms with van der Waals surface area (Å²) in [7, 11) is 0. The van der Waals surface area contributed by atoms with Crippen molar-refractivity contribution in [2.24, 2.45) is 0 Å². The van der Waals surface area contributed by atoms with Crippen LogP contribution in [-0.2, 0) is 0 Å². The minimum absolute atomic E-state index is 0.00498. The molecule has 1 amide bonds. The Morgan fingerprint density at radius 3 is 2.65 bits per heavy atom. The third-order valence-corrected chi connectivity index (χ3v) is 3.61. The summed E-state index contributed by atoms with van der Waals surface area (Å²) in [5, 5.41) is 2.16. The first-order valence-corrected chi connectivity index (χ1v) is 7.37. The van der Waals surface area contributed by atoms with Gasteiger partial charge in [0.1, 0.15) is 0 Å². The molecule has 0 aliphatic rings. The van der Waals surface area contributed by atoms with Gasteiger partial charge in [-0.05, 0) is 41.5 Å². The summed E-state index contributed by atoms with van der Waals surface area (Å²) in [6.07, 6.45) is 6.23. The van der Waals surface area contributed by atoms with Gasteiger partial charge in [0, 0.05) is 16.6 Å². The predicted octanol–water partition coefficient (Wildman–Crippen LogP) is 4.09. The maximum atomic E-state index is 12.5. The maximum absolute atomic E-state index is 12.5. The van der Waals surface area contributed by atoms with Gasteiger partial charge in [-0.1, -0.05) is 40.9 Å². The van der Waals surface area contributed by atoms with E-state index < -0.39 is 0 Å². The van der Waals surface area contributed by atoms with E-state index in [0.29, 0.717) is 18.7 Å². The first-order chi connectivity index (χ1) is 9.65. The number of hydrogen-bond acceptors (Lipinski definition) is 1. The van der Waals surface area contributed by atoms with E-state index in [-0.39, 0.29) is 5.91 Å². The maximum Gasteiger partial charge on any atom is 0.254 e. The first kappa shape index (κ1) is 14.6. The summed E-state index contributed by atoms with van der Waals surface area (Å²) in [6, 6.07) is 11.8. The summed E-state index contributed by atoms with van der Waals surface area (Å²) < 4.78 is 1.03. The van der Waals surface area contributed by atoms with Crippen LogP contribution in [0.3, 0.4) is 0 Å². The van der Waals surface area contributed by atoms with Crippen LogP contribution >= 0.6 is 15.9 Å². The minimum atomic E-state index is -0.00498. The van der Waals surface area contributed by atoms with Crippen molar-refractivity contribution in [1.82, 2.24) is 4.90 Å². The average molecular weight is 330 g/mol. The molecule has 0 bridgehead atoms. The number of terminal acetylenes is 1. The lowest BCUT2D eigenvalue weighted by Gasteiger charge is -2.19. The molecule has 2 nitrogen and oxygen atoms in total. The summed E-state index contributed by atoms with van der Waals surface area (Å²) in [4.78, 5) is 14.2. The Kier molecular flexibility index (Phi) is 4.81. The molecule has 0 radical (unpaired) electrons. The highest BCUT2D eigenvalue weighted by Gasteiger charge is 2.14. The number of benzene rings is 2. The van der Waals surface area contributed by atoms with Crippen molar-refractivity contribution in [3.8, 4) is 12.3 Å². The second kappa shape index (κ2) is 6.58. The standard InChI is InChI=1S/C17H16BrNO/c1-3-9-19(10-4-2)17(20)15-6-5-14-12-16(18)8-7-13(14)11-15/h1,5-8,11-12H,4,9-10H2,2H3. The first-order valence-electron chi connectivity index (χ1n) is 6.57. The van der Waals surface area contributed by atoms with E-state index in [4.69, 9.17) is 6.42 Å². The van der Waals surface area contributed by atoms with Crippen molar-refractivity contribution in [3.05, 3.63) is 46.4 Å². The topological polar surface area (TPSA) is 20.3 Å². The fraction of sp³-hybridized carbons (Fsp3) is 0.235. The van der Waals surface area contributed by atoms with Crippen molar-refractivity contribution in [1.29, 1.82) is 0 Å². The van der Waals surface area contributed by atoms with Gasteiger partial charge in [0.2, 0.25) is 0 Å². The molecule has 0 unspecified atom stereocenters. The Morgan fingerprint density at radius 1 is 1.25 bits per heavy atom. The lowest BCUT2D eigenvalue weighted by molar-refractivity contribution is 0.0777. The minimum Gasteiger partial charge on any atom is -0.328 e. The van der Waals surface area contributed by atoms with E-state index in [1.54, 1.807) is 4.90 Å². The molecule has 3 heteroatoms. The molecule has 0 aliphatic carbocycles. The molecule has 2 aromatic carbocycles. The molecule has 0 spiro atoms. The van der Waals surface area contributed by atoms with Gasteiger partial charge in [0.25, 0.3) is 5.91 Å². The Morgan fingerprint density at radius 2 is 1.95 bits per heavy atom. The highest BCUT2D eigenvalue weighted by Crippen LogP contribution is 2.21. The zero-order valence-electron chi connectivity index (χ0n) is 11.4. The molecule has 0 aromatic heterocycles. The normalized spacial score (nSPS) is 10.2. The van der Waals surface area contributed by atoms with Crippen molar-refractivity contribution in [2.45, 2.75) is 13.3 Å². The average Bonchev–Trinajstić information content (AvgIpc) is 2.45. The smallest absolute Gasteiger partial charge is 0.254 e. The molecule has 2 aromatic rings. The van der Waals surface area contributed by atoms with Crippen LogP contribution in [0.15, 0.2) is 40.9 Å². The Labute approximate surface area is 127 Å². The highest BCUT2D eigenvalue weighted by molar-refractivity contribution is 9.10. The molecule has 0 fully saturated rings. The van der Waals surface area contributed by atoms with Crippen LogP contribution < -0.4 is 0 Å². The summed E-state index contributed by atoms with van der Waals surface area (Å²) in [6.45, 7) is 3.07.